The van der Waals surface area contributed by atoms with E-state index in [1.807, 2.05) is 18.2 Å². The van der Waals surface area contributed by atoms with Crippen LogP contribution in [0.3, 0.4) is 0 Å². The molecular weight excluding hydrogens is 236 g/mol. The van der Waals surface area contributed by atoms with E-state index in [-0.39, 0.29) is 0 Å². The van der Waals surface area contributed by atoms with Gasteiger partial charge in [0.05, 0.1) is 0 Å². The molecule has 0 spiro atoms. The fourth-order valence-corrected chi connectivity index (χ4v) is 2.57. The molecule has 0 aliphatic rings. The van der Waals surface area contributed by atoms with Gasteiger partial charge in [-0.05, 0) is 61.0 Å². The van der Waals surface area contributed by atoms with E-state index in [0.717, 1.165) is 5.56 Å². The third kappa shape index (κ3) is 3.18. The van der Waals surface area contributed by atoms with Gasteiger partial charge < -0.3 is 0 Å². The molecule has 2 rings (SSSR count). The van der Waals surface area contributed by atoms with Gasteiger partial charge >= 0.3 is 0 Å². The molecule has 0 unspecified atom stereocenters. The highest BCUT2D eigenvalue weighted by molar-refractivity contribution is 8.03. The lowest BCUT2D eigenvalue weighted by atomic mass is 10.0. The van der Waals surface area contributed by atoms with Crippen LogP contribution in [0.15, 0.2) is 47.4 Å². The van der Waals surface area contributed by atoms with Crippen molar-refractivity contribution >= 4 is 11.8 Å². The predicted octanol–water partition coefficient (Wildman–Crippen LogP) is 4.71. The molecule has 0 amide bonds. The Morgan fingerprint density at radius 3 is 2.11 bits per heavy atom. The van der Waals surface area contributed by atoms with E-state index in [1.165, 1.54) is 21.6 Å². The predicted molar refractivity (Wildman–Crippen MR) is 79.8 cm³/mol. The van der Waals surface area contributed by atoms with Crippen molar-refractivity contribution in [3.63, 3.8) is 0 Å². The van der Waals surface area contributed by atoms with Crippen LogP contribution < -0.4 is 0 Å². The zero-order valence-corrected chi connectivity index (χ0v) is 11.8. The first kappa shape index (κ1) is 12.8. The van der Waals surface area contributed by atoms with Crippen molar-refractivity contribution in [1.29, 1.82) is 0 Å². The normalized spacial score (nSPS) is 9.72. The Labute approximate surface area is 113 Å². The number of thioether (sulfide) groups is 1. The summed E-state index contributed by atoms with van der Waals surface area (Å²) < 4.78 is 0. The Bertz CT molecular complexity index is 577. The first-order chi connectivity index (χ1) is 8.66. The van der Waals surface area contributed by atoms with Crippen LogP contribution in [0.2, 0.25) is 0 Å². The van der Waals surface area contributed by atoms with Gasteiger partial charge in [0.15, 0.2) is 0 Å². The van der Waals surface area contributed by atoms with Crippen LogP contribution in [0.5, 0.6) is 0 Å². The van der Waals surface area contributed by atoms with Gasteiger partial charge in [-0.15, -0.1) is 0 Å². The lowest BCUT2D eigenvalue weighted by Crippen LogP contribution is -1.89. The van der Waals surface area contributed by atoms with Gasteiger partial charge in [-0.1, -0.05) is 41.8 Å². The molecule has 0 N–H and O–H groups in total. The summed E-state index contributed by atoms with van der Waals surface area (Å²) in [6.07, 6.45) is 0. The SMILES string of the molecule is Cc1cc(C)c(C#CSc2ccccc2)c(C)c1. The first-order valence-electron chi connectivity index (χ1n) is 5.97. The second-order valence-electron chi connectivity index (χ2n) is 4.42. The minimum atomic E-state index is 1.16. The molecule has 0 radical (unpaired) electrons. The van der Waals surface area contributed by atoms with Gasteiger partial charge in [-0.2, -0.15) is 0 Å². The van der Waals surface area contributed by atoms with Crippen LogP contribution in [0, 0.1) is 31.9 Å². The number of aryl methyl sites for hydroxylation is 3. The highest BCUT2D eigenvalue weighted by atomic mass is 32.2. The lowest BCUT2D eigenvalue weighted by Gasteiger charge is -2.04. The zero-order chi connectivity index (χ0) is 13.0. The number of hydrogen-bond acceptors (Lipinski definition) is 1. The van der Waals surface area contributed by atoms with Crippen molar-refractivity contribution < 1.29 is 0 Å². The van der Waals surface area contributed by atoms with E-state index in [9.17, 15) is 0 Å². The maximum atomic E-state index is 3.27. The van der Waals surface area contributed by atoms with Gasteiger partial charge in [0.2, 0.25) is 0 Å². The van der Waals surface area contributed by atoms with Gasteiger partial charge in [0, 0.05) is 10.5 Å². The second-order valence-corrected chi connectivity index (χ2v) is 5.30. The molecule has 1 heteroatoms. The van der Waals surface area contributed by atoms with Crippen LogP contribution >= 0.6 is 11.8 Å². The molecule has 2 aromatic carbocycles. The van der Waals surface area contributed by atoms with Gasteiger partial charge in [-0.25, -0.2) is 0 Å². The average Bonchev–Trinajstić information content (AvgIpc) is 2.34. The summed E-state index contributed by atoms with van der Waals surface area (Å²) >= 11 is 1.58. The van der Waals surface area contributed by atoms with Crippen LogP contribution in [-0.2, 0) is 0 Å². The topological polar surface area (TPSA) is 0 Å². The van der Waals surface area contributed by atoms with E-state index in [0.29, 0.717) is 0 Å². The largest absolute Gasteiger partial charge is 0.0622 e. The molecule has 2 aromatic rings. The highest BCUT2D eigenvalue weighted by Gasteiger charge is 2.00. The Hall–Kier alpha value is -1.65. The lowest BCUT2D eigenvalue weighted by molar-refractivity contribution is 1.30. The van der Waals surface area contributed by atoms with Crippen LogP contribution in [-0.4, -0.2) is 0 Å². The fourth-order valence-electron chi connectivity index (χ4n) is 2.00. The molecule has 0 saturated heterocycles. The minimum Gasteiger partial charge on any atom is -0.0622 e. The number of rotatable bonds is 1. The first-order valence-corrected chi connectivity index (χ1v) is 6.79. The summed E-state index contributed by atoms with van der Waals surface area (Å²) in [6, 6.07) is 14.6. The van der Waals surface area contributed by atoms with Crippen molar-refractivity contribution in [2.75, 3.05) is 0 Å². The smallest absolute Gasteiger partial charge is 0.0313 e. The van der Waals surface area contributed by atoms with Crippen LogP contribution in [0.4, 0.5) is 0 Å². The van der Waals surface area contributed by atoms with Crippen LogP contribution in [0.25, 0.3) is 0 Å². The van der Waals surface area contributed by atoms with E-state index in [2.05, 4.69) is 56.2 Å². The molecule has 0 nitrogen and oxygen atoms in total. The summed E-state index contributed by atoms with van der Waals surface area (Å²) in [4.78, 5) is 1.19. The molecule has 0 bridgehead atoms. The zero-order valence-electron chi connectivity index (χ0n) is 10.9. The molecule has 0 fully saturated rings. The van der Waals surface area contributed by atoms with Gasteiger partial charge in [-0.3, -0.25) is 0 Å². The van der Waals surface area contributed by atoms with Crippen molar-refractivity contribution in [3.8, 4) is 11.2 Å². The van der Waals surface area contributed by atoms with Crippen molar-refractivity contribution in [3.05, 3.63) is 64.7 Å². The monoisotopic (exact) mass is 252 g/mol. The summed E-state index contributed by atoms with van der Waals surface area (Å²) in [6.45, 7) is 6.37. The molecule has 90 valence electrons. The molecule has 0 saturated carbocycles. The quantitative estimate of drug-likeness (QED) is 0.523. The molecule has 0 aliphatic carbocycles. The molecule has 0 heterocycles. The van der Waals surface area contributed by atoms with E-state index >= 15 is 0 Å². The Morgan fingerprint density at radius 1 is 0.889 bits per heavy atom. The maximum Gasteiger partial charge on any atom is 0.0313 e. The molecule has 0 atom stereocenters. The summed E-state index contributed by atoms with van der Waals surface area (Å²) in [5.41, 5.74) is 4.97. The molecule has 0 aliphatic heterocycles. The highest BCUT2D eigenvalue weighted by Crippen LogP contribution is 2.18. The standard InChI is InChI=1S/C17H16S/c1-13-11-14(2)17(15(3)12-13)9-10-18-16-7-5-4-6-8-16/h4-8,11-12H,1-3H3. The third-order valence-electron chi connectivity index (χ3n) is 2.77. The Kier molecular flexibility index (Phi) is 4.12. The number of benzene rings is 2. The molecular formula is C17H16S. The van der Waals surface area contributed by atoms with Crippen molar-refractivity contribution in [1.82, 2.24) is 0 Å². The van der Waals surface area contributed by atoms with Gasteiger partial charge in [0.1, 0.15) is 0 Å². The second kappa shape index (κ2) is 5.80. The summed E-state index contributed by atoms with van der Waals surface area (Å²) in [7, 11) is 0. The maximum absolute atomic E-state index is 3.27. The average molecular weight is 252 g/mol. The van der Waals surface area contributed by atoms with Crippen molar-refractivity contribution in [2.24, 2.45) is 0 Å². The summed E-state index contributed by atoms with van der Waals surface area (Å²) in [5.74, 6) is 3.27. The number of hydrogen-bond donors (Lipinski definition) is 0. The molecule has 0 aromatic heterocycles. The van der Waals surface area contributed by atoms with E-state index in [4.69, 9.17) is 0 Å². The molecule has 18 heavy (non-hydrogen) atoms. The van der Waals surface area contributed by atoms with Crippen LogP contribution in [0.1, 0.15) is 22.3 Å². The Balaban J connectivity index is 2.21. The van der Waals surface area contributed by atoms with E-state index < -0.39 is 0 Å². The van der Waals surface area contributed by atoms with E-state index in [1.54, 1.807) is 11.8 Å². The van der Waals surface area contributed by atoms with Gasteiger partial charge in [0.25, 0.3) is 0 Å². The van der Waals surface area contributed by atoms with Crippen molar-refractivity contribution in [2.45, 2.75) is 25.7 Å². The third-order valence-corrected chi connectivity index (χ3v) is 3.48. The minimum absolute atomic E-state index is 1.16. The fraction of sp³-hybridized carbons (Fsp3) is 0.176. The summed E-state index contributed by atoms with van der Waals surface area (Å²) in [5, 5.41) is 3.19. The Morgan fingerprint density at radius 2 is 1.50 bits per heavy atom.